The Morgan fingerprint density at radius 3 is 0.638 bits per heavy atom. The number of benzene rings is 8. The van der Waals surface area contributed by atoms with Crippen LogP contribution >= 0.6 is 26.4 Å². The normalized spacial score (nSPS) is 17.6. The molecular formula is C50H46B2P4S2. The van der Waals surface area contributed by atoms with E-state index in [1.165, 1.54) is 42.4 Å². The zero-order valence-corrected chi connectivity index (χ0v) is 38.1. The Kier molecular flexibility index (Phi) is 11.6. The second-order valence-corrected chi connectivity index (χ2v) is 35.4. The number of rotatable bonds is 10. The van der Waals surface area contributed by atoms with Gasteiger partial charge in [-0.05, 0) is 80.3 Å². The largest absolute Gasteiger partial charge is 0.190 e. The maximum atomic E-state index is 7.72. The summed E-state index contributed by atoms with van der Waals surface area (Å²) in [5.41, 5.74) is 0. The van der Waals surface area contributed by atoms with Gasteiger partial charge in [0.25, 0.3) is 0 Å². The van der Waals surface area contributed by atoms with Crippen LogP contribution < -0.4 is 42.4 Å². The molecule has 0 radical (unpaired) electrons. The van der Waals surface area contributed by atoms with Gasteiger partial charge >= 0.3 is 0 Å². The van der Waals surface area contributed by atoms with Crippen molar-refractivity contribution in [3.8, 4) is 0 Å². The average molecular weight is 857 g/mol. The first-order valence-electron chi connectivity index (χ1n) is 20.5. The zero-order valence-electron chi connectivity index (χ0n) is 32.9. The van der Waals surface area contributed by atoms with Crippen molar-refractivity contribution in [1.29, 1.82) is 0 Å². The van der Waals surface area contributed by atoms with Crippen molar-refractivity contribution >= 4 is 106 Å². The molecule has 284 valence electrons. The molecule has 9 rings (SSSR count). The first-order valence-corrected chi connectivity index (χ1v) is 30.9. The molecule has 0 amide bonds. The van der Waals surface area contributed by atoms with Crippen LogP contribution in [0.2, 0.25) is 0 Å². The third kappa shape index (κ3) is 6.72. The summed E-state index contributed by atoms with van der Waals surface area (Å²) in [5.74, 6) is 0. The van der Waals surface area contributed by atoms with Gasteiger partial charge in [0.05, 0.1) is 21.2 Å². The van der Waals surface area contributed by atoms with E-state index in [1.54, 1.807) is 0 Å². The molecule has 8 aromatic rings. The molecule has 0 unspecified atom stereocenters. The van der Waals surface area contributed by atoms with Gasteiger partial charge in [-0.2, -0.15) is 0 Å². The van der Waals surface area contributed by atoms with Gasteiger partial charge in [0.1, 0.15) is 0 Å². The van der Waals surface area contributed by atoms with E-state index in [2.05, 4.69) is 243 Å². The second kappa shape index (κ2) is 17.0. The van der Waals surface area contributed by atoms with E-state index >= 15 is 0 Å². The van der Waals surface area contributed by atoms with Crippen LogP contribution in [0, 0.1) is 0 Å². The molecule has 1 saturated heterocycles. The SMILES string of the molecule is S=P(c1ccccc1)(c1ccccc1)[C@H]1[BH2-][P+](c2ccccc2)(c2ccccc2)[C@H](P(=S)(c2ccccc2)c2ccccc2)[BH2-][P+]1(c1ccccc1)c1ccccc1. The van der Waals surface area contributed by atoms with Crippen LogP contribution in [-0.4, -0.2) is 24.6 Å². The standard InChI is InChI=1S/C50H46B2P4S2/c57-55(45-33-17-5-18-34-45,46-35-19-6-20-36-46)49-52-54(43-29-13-3-14-30-43,44-31-15-4-16-32-44)50(56(58,47-37-21-7-22-38-47)48-39-23-8-24-40-48)51-53(49,41-25-9-1-10-26-41)42-27-11-2-12-28-42/h1-40,49-50H,51-52H2/t49-,50+. The summed E-state index contributed by atoms with van der Waals surface area (Å²) in [7, 11) is -4.51. The van der Waals surface area contributed by atoms with Crippen LogP contribution in [0.3, 0.4) is 0 Å². The Morgan fingerprint density at radius 2 is 0.448 bits per heavy atom. The van der Waals surface area contributed by atoms with Crippen molar-refractivity contribution in [3.05, 3.63) is 243 Å². The molecule has 0 spiro atoms. The average Bonchev–Trinajstić information content (AvgIpc) is 3.33. The van der Waals surface area contributed by atoms with E-state index in [4.69, 9.17) is 23.6 Å². The highest BCUT2D eigenvalue weighted by Gasteiger charge is 2.64. The van der Waals surface area contributed by atoms with Crippen LogP contribution in [0.1, 0.15) is 0 Å². The lowest BCUT2D eigenvalue weighted by atomic mass is 10.1. The van der Waals surface area contributed by atoms with Crippen LogP contribution in [0.4, 0.5) is 0 Å². The highest BCUT2D eigenvalue weighted by Crippen LogP contribution is 2.85. The van der Waals surface area contributed by atoms with Gasteiger partial charge in [0.15, 0.2) is 14.0 Å². The molecule has 1 aliphatic heterocycles. The van der Waals surface area contributed by atoms with Crippen molar-refractivity contribution in [2.24, 2.45) is 0 Å². The van der Waals surface area contributed by atoms with Gasteiger partial charge in [-0.1, -0.05) is 218 Å². The summed E-state index contributed by atoms with van der Waals surface area (Å²) in [6.45, 7) is -1.94. The molecule has 0 aliphatic carbocycles. The molecule has 1 aliphatic rings. The Balaban J connectivity index is 1.50. The summed E-state index contributed by atoms with van der Waals surface area (Å²) in [6.07, 6.45) is 0. The fourth-order valence-corrected chi connectivity index (χ4v) is 51.3. The van der Waals surface area contributed by atoms with E-state index in [9.17, 15) is 0 Å². The van der Waals surface area contributed by atoms with Crippen molar-refractivity contribution in [3.63, 3.8) is 0 Å². The van der Waals surface area contributed by atoms with Crippen molar-refractivity contribution in [1.82, 2.24) is 0 Å². The Morgan fingerprint density at radius 1 is 0.276 bits per heavy atom. The quantitative estimate of drug-likeness (QED) is 0.100. The van der Waals surface area contributed by atoms with E-state index in [1.807, 2.05) is 0 Å². The van der Waals surface area contributed by atoms with Crippen LogP contribution in [0.25, 0.3) is 0 Å². The van der Waals surface area contributed by atoms with Crippen LogP contribution in [0.15, 0.2) is 243 Å². The summed E-state index contributed by atoms with van der Waals surface area (Å²) < 4.78 is 0. The Hall–Kier alpha value is -3.95. The molecule has 8 aromatic carbocycles. The minimum Gasteiger partial charge on any atom is -0.109 e. The van der Waals surface area contributed by atoms with Gasteiger partial charge in [0, 0.05) is 12.1 Å². The van der Waals surface area contributed by atoms with Gasteiger partial charge in [-0.3, -0.25) is 0 Å². The molecule has 1 fully saturated rings. The highest BCUT2D eigenvalue weighted by atomic mass is 32.4. The topological polar surface area (TPSA) is 0 Å². The molecule has 0 aromatic heterocycles. The Labute approximate surface area is 357 Å². The molecule has 0 N–H and O–H groups in total. The maximum absolute atomic E-state index is 7.72. The van der Waals surface area contributed by atoms with Crippen molar-refractivity contribution in [2.75, 3.05) is 0 Å². The molecule has 58 heavy (non-hydrogen) atoms. The van der Waals surface area contributed by atoms with Gasteiger partial charge in [-0.25, -0.2) is 0 Å². The van der Waals surface area contributed by atoms with Crippen molar-refractivity contribution < 1.29 is 0 Å². The minimum absolute atomic E-state index is 0.324. The van der Waals surface area contributed by atoms with Gasteiger partial charge in [0.2, 0.25) is 0 Å². The summed E-state index contributed by atoms with van der Waals surface area (Å²) in [5, 5.41) is 12.1. The summed E-state index contributed by atoms with van der Waals surface area (Å²) in [4.78, 5) is 0. The lowest BCUT2D eigenvalue weighted by Crippen LogP contribution is -2.55. The minimum atomic E-state index is -2.52. The lowest BCUT2D eigenvalue weighted by molar-refractivity contribution is 1.66. The molecule has 0 saturated carbocycles. The molecule has 1 heterocycles. The molecule has 0 bridgehead atoms. The van der Waals surface area contributed by atoms with Gasteiger partial charge < -0.3 is 0 Å². The van der Waals surface area contributed by atoms with E-state index in [-0.39, 0.29) is 0 Å². The summed E-state index contributed by atoms with van der Waals surface area (Å²) in [6, 6.07) is 87.5. The first kappa shape index (κ1) is 39.5. The maximum Gasteiger partial charge on any atom is 0.190 e. The second-order valence-electron chi connectivity index (χ2n) is 15.9. The predicted octanol–water partition coefficient (Wildman–Crippen LogP) is 8.33. The fourth-order valence-electron chi connectivity index (χ4n) is 11.1. The van der Waals surface area contributed by atoms with Crippen LogP contribution in [-0.2, 0) is 23.6 Å². The van der Waals surface area contributed by atoms with E-state index in [0.717, 1.165) is 0 Å². The zero-order chi connectivity index (χ0) is 39.5. The number of hydrogen-bond acceptors (Lipinski definition) is 2. The third-order valence-electron chi connectivity index (χ3n) is 13.6. The molecule has 2 atom stereocenters. The van der Waals surface area contributed by atoms with E-state index in [0.29, 0.717) is 10.6 Å². The fraction of sp³-hybridized carbons (Fsp3) is 0.0400. The van der Waals surface area contributed by atoms with Crippen molar-refractivity contribution in [2.45, 2.75) is 10.6 Å². The molecule has 0 nitrogen and oxygen atoms in total. The monoisotopic (exact) mass is 856 g/mol. The number of hydrogen-bond donors (Lipinski definition) is 0. The first-order chi connectivity index (χ1) is 28.5. The lowest BCUT2D eigenvalue weighted by Gasteiger charge is -2.61. The molecular weight excluding hydrogens is 810 g/mol. The summed E-state index contributed by atoms with van der Waals surface area (Å²) >= 11 is 15.4. The Bertz CT molecular complexity index is 2320. The van der Waals surface area contributed by atoms with Gasteiger partial charge in [-0.15, -0.1) is 14.3 Å². The van der Waals surface area contributed by atoms with E-state index < -0.39 is 40.4 Å². The highest BCUT2D eigenvalue weighted by molar-refractivity contribution is 8.40. The third-order valence-corrected chi connectivity index (χ3v) is 43.9. The molecule has 8 heteroatoms. The predicted molar refractivity (Wildman–Crippen MR) is 276 cm³/mol. The van der Waals surface area contributed by atoms with Crippen LogP contribution in [0.5, 0.6) is 0 Å². The smallest absolute Gasteiger partial charge is 0.109 e.